The Morgan fingerprint density at radius 1 is 1.11 bits per heavy atom. The molecule has 2 nitrogen and oxygen atoms in total. The van der Waals surface area contributed by atoms with E-state index in [2.05, 4.69) is 29.6 Å². The Hall–Kier alpha value is -2.09. The molecule has 19 heavy (non-hydrogen) atoms. The number of allylic oxidation sites excluding steroid dienone is 5. The van der Waals surface area contributed by atoms with Gasteiger partial charge in [-0.3, -0.25) is 4.79 Å². The molecule has 0 saturated heterocycles. The topological polar surface area (TPSA) is 29.1 Å². The third-order valence-corrected chi connectivity index (χ3v) is 3.73. The molecule has 96 valence electrons. The van der Waals surface area contributed by atoms with Gasteiger partial charge in [0.1, 0.15) is 0 Å². The van der Waals surface area contributed by atoms with Gasteiger partial charge >= 0.3 is 0 Å². The number of rotatable bonds is 0. The van der Waals surface area contributed by atoms with Gasteiger partial charge in [0.05, 0.1) is 5.92 Å². The van der Waals surface area contributed by atoms with E-state index < -0.39 is 0 Å². The average Bonchev–Trinajstić information content (AvgIpc) is 2.49. The van der Waals surface area contributed by atoms with Crippen LogP contribution in [0.1, 0.15) is 36.8 Å². The zero-order chi connectivity index (χ0) is 13.2. The Bertz CT molecular complexity index is 607. The number of nitrogens with one attached hydrogen (secondary N) is 1. The lowest BCUT2D eigenvalue weighted by Gasteiger charge is -2.11. The zero-order valence-corrected chi connectivity index (χ0v) is 11.0. The van der Waals surface area contributed by atoms with Gasteiger partial charge in [-0.1, -0.05) is 42.5 Å². The fourth-order valence-electron chi connectivity index (χ4n) is 2.62. The third kappa shape index (κ3) is 2.14. The number of amides is 1. The number of fused-ring (bicyclic) bond motifs is 2. The second kappa shape index (κ2) is 4.88. The van der Waals surface area contributed by atoms with E-state index >= 15 is 0 Å². The minimum atomic E-state index is -0.119. The van der Waals surface area contributed by atoms with Crippen LogP contribution in [-0.2, 0) is 4.79 Å². The highest BCUT2D eigenvalue weighted by molar-refractivity contribution is 5.94. The van der Waals surface area contributed by atoms with Gasteiger partial charge in [-0.2, -0.15) is 0 Å². The molecule has 0 bridgehead atoms. The van der Waals surface area contributed by atoms with Crippen molar-refractivity contribution >= 4 is 11.5 Å². The van der Waals surface area contributed by atoms with Gasteiger partial charge in [-0.25, -0.2) is 0 Å². The fourth-order valence-corrected chi connectivity index (χ4v) is 2.62. The quantitative estimate of drug-likeness (QED) is 0.750. The van der Waals surface area contributed by atoms with Crippen molar-refractivity contribution < 1.29 is 4.79 Å². The minimum Gasteiger partial charge on any atom is -0.325 e. The van der Waals surface area contributed by atoms with E-state index in [1.165, 1.54) is 0 Å². The largest absolute Gasteiger partial charge is 0.325 e. The monoisotopic (exact) mass is 251 g/mol. The van der Waals surface area contributed by atoms with Gasteiger partial charge in [0, 0.05) is 11.3 Å². The highest BCUT2D eigenvalue weighted by Gasteiger charge is 2.24. The van der Waals surface area contributed by atoms with Gasteiger partial charge in [0.15, 0.2) is 0 Å². The molecule has 2 aliphatic rings. The molecule has 0 radical (unpaired) electrons. The Labute approximate surface area is 113 Å². The molecule has 1 unspecified atom stereocenters. The van der Waals surface area contributed by atoms with E-state index in [1.807, 2.05) is 31.2 Å². The van der Waals surface area contributed by atoms with Crippen LogP contribution in [0.2, 0.25) is 0 Å². The average molecular weight is 251 g/mol. The van der Waals surface area contributed by atoms with E-state index in [4.69, 9.17) is 0 Å². The Morgan fingerprint density at radius 2 is 1.84 bits per heavy atom. The number of hydrogen-bond acceptors (Lipinski definition) is 1. The first-order chi connectivity index (χ1) is 9.27. The van der Waals surface area contributed by atoms with E-state index in [9.17, 15) is 4.79 Å². The van der Waals surface area contributed by atoms with Crippen molar-refractivity contribution in [3.63, 3.8) is 0 Å². The molecule has 0 aromatic heterocycles. The van der Waals surface area contributed by atoms with E-state index in [1.54, 1.807) is 0 Å². The third-order valence-electron chi connectivity index (χ3n) is 3.73. The Balaban J connectivity index is 2.25. The lowest BCUT2D eigenvalue weighted by atomic mass is 9.91. The van der Waals surface area contributed by atoms with Gasteiger partial charge in [0.25, 0.3) is 0 Å². The summed E-state index contributed by atoms with van der Waals surface area (Å²) in [5.41, 5.74) is 4.29. The Kier molecular flexibility index (Phi) is 3.08. The minimum absolute atomic E-state index is 0.0658. The second-order valence-corrected chi connectivity index (χ2v) is 5.01. The van der Waals surface area contributed by atoms with Gasteiger partial charge in [-0.05, 0) is 37.0 Å². The van der Waals surface area contributed by atoms with Crippen molar-refractivity contribution in [2.75, 3.05) is 0 Å². The lowest BCUT2D eigenvalue weighted by molar-refractivity contribution is -0.121. The van der Waals surface area contributed by atoms with Crippen LogP contribution in [0, 0.1) is 0 Å². The van der Waals surface area contributed by atoms with Crippen molar-refractivity contribution in [3.8, 4) is 0 Å². The summed E-state index contributed by atoms with van der Waals surface area (Å²) in [5.74, 6) is -0.0534. The van der Waals surface area contributed by atoms with Gasteiger partial charge in [-0.15, -0.1) is 0 Å². The second-order valence-electron chi connectivity index (χ2n) is 5.01. The first kappa shape index (κ1) is 12.0. The fraction of sp³-hybridized carbons (Fsp3) is 0.235. The number of hydrogen-bond donors (Lipinski definition) is 1. The summed E-state index contributed by atoms with van der Waals surface area (Å²) in [7, 11) is 0. The SMILES string of the molecule is CC1C(=O)NC2=C(/C=C\CC/C=C\2)c2ccccc21. The first-order valence-corrected chi connectivity index (χ1v) is 6.75. The number of carbonyl (C=O) groups is 1. The smallest absolute Gasteiger partial charge is 0.231 e. The molecule has 1 amide bonds. The molecule has 0 fully saturated rings. The molecule has 1 heterocycles. The Morgan fingerprint density at radius 3 is 2.68 bits per heavy atom. The summed E-state index contributed by atoms with van der Waals surface area (Å²) in [4.78, 5) is 12.2. The predicted octanol–water partition coefficient (Wildman–Crippen LogP) is 3.54. The number of benzene rings is 1. The molecule has 3 rings (SSSR count). The molecular formula is C17H17NO. The van der Waals surface area contributed by atoms with Crippen LogP contribution < -0.4 is 5.32 Å². The van der Waals surface area contributed by atoms with Crippen molar-refractivity contribution in [2.45, 2.75) is 25.7 Å². The number of carbonyl (C=O) groups excluding carboxylic acids is 1. The summed E-state index contributed by atoms with van der Waals surface area (Å²) < 4.78 is 0. The molecular weight excluding hydrogens is 234 g/mol. The van der Waals surface area contributed by atoms with Crippen LogP contribution in [0.15, 0.2) is 54.3 Å². The van der Waals surface area contributed by atoms with Crippen molar-refractivity contribution in [1.82, 2.24) is 5.32 Å². The van der Waals surface area contributed by atoms with Crippen LogP contribution in [0.25, 0.3) is 5.57 Å². The molecule has 1 atom stereocenters. The predicted molar refractivity (Wildman–Crippen MR) is 77.4 cm³/mol. The van der Waals surface area contributed by atoms with Crippen molar-refractivity contribution in [3.05, 3.63) is 65.4 Å². The first-order valence-electron chi connectivity index (χ1n) is 6.75. The highest BCUT2D eigenvalue weighted by atomic mass is 16.1. The van der Waals surface area contributed by atoms with E-state index in [0.717, 1.165) is 35.2 Å². The lowest BCUT2D eigenvalue weighted by Crippen LogP contribution is -2.25. The molecule has 2 heteroatoms. The zero-order valence-electron chi connectivity index (χ0n) is 11.0. The van der Waals surface area contributed by atoms with Crippen LogP contribution >= 0.6 is 0 Å². The van der Waals surface area contributed by atoms with Crippen molar-refractivity contribution in [2.24, 2.45) is 0 Å². The van der Waals surface area contributed by atoms with Gasteiger partial charge in [0.2, 0.25) is 5.91 Å². The van der Waals surface area contributed by atoms with Crippen LogP contribution in [0.4, 0.5) is 0 Å². The van der Waals surface area contributed by atoms with Crippen molar-refractivity contribution in [1.29, 1.82) is 0 Å². The van der Waals surface area contributed by atoms with E-state index in [0.29, 0.717) is 0 Å². The van der Waals surface area contributed by atoms with Crippen LogP contribution in [-0.4, -0.2) is 5.91 Å². The summed E-state index contributed by atoms with van der Waals surface area (Å²) in [6, 6.07) is 8.17. The maximum atomic E-state index is 12.2. The normalized spacial score (nSPS) is 25.3. The molecule has 1 aliphatic heterocycles. The maximum Gasteiger partial charge on any atom is 0.231 e. The van der Waals surface area contributed by atoms with Crippen LogP contribution in [0.3, 0.4) is 0 Å². The van der Waals surface area contributed by atoms with E-state index in [-0.39, 0.29) is 11.8 Å². The molecule has 1 N–H and O–H groups in total. The van der Waals surface area contributed by atoms with Gasteiger partial charge < -0.3 is 5.32 Å². The summed E-state index contributed by atoms with van der Waals surface area (Å²) in [6.45, 7) is 1.96. The standard InChI is InChI=1S/C17H17NO/c1-12-13-8-6-7-9-14(13)15-10-4-2-3-5-11-16(15)18-17(12)19/h4-12H,2-3H2,1H3,(H,18,19)/b10-4-,11-5-. The summed E-state index contributed by atoms with van der Waals surface area (Å²) >= 11 is 0. The summed E-state index contributed by atoms with van der Waals surface area (Å²) in [5, 5.41) is 3.05. The maximum absolute atomic E-state index is 12.2. The highest BCUT2D eigenvalue weighted by Crippen LogP contribution is 2.32. The molecule has 0 spiro atoms. The summed E-state index contributed by atoms with van der Waals surface area (Å²) in [6.07, 6.45) is 10.5. The van der Waals surface area contributed by atoms with Crippen LogP contribution in [0.5, 0.6) is 0 Å². The molecule has 1 aromatic rings. The molecule has 1 aromatic carbocycles. The molecule has 1 aliphatic carbocycles. The molecule has 0 saturated carbocycles.